The van der Waals surface area contributed by atoms with Gasteiger partial charge in [-0.2, -0.15) is 0 Å². The normalized spacial score (nSPS) is 18.5. The van der Waals surface area contributed by atoms with Crippen molar-refractivity contribution >= 4 is 11.6 Å². The van der Waals surface area contributed by atoms with Crippen LogP contribution < -0.4 is 5.32 Å². The van der Waals surface area contributed by atoms with Gasteiger partial charge in [-0.05, 0) is 38.4 Å². The van der Waals surface area contributed by atoms with Crippen LogP contribution in [0.4, 0.5) is 18.9 Å². The fourth-order valence-corrected chi connectivity index (χ4v) is 2.42. The second-order valence-corrected chi connectivity index (χ2v) is 5.46. The predicted molar refractivity (Wildman–Crippen MR) is 76.0 cm³/mol. The molecule has 1 amide bonds. The highest BCUT2D eigenvalue weighted by molar-refractivity contribution is 5.92. The van der Waals surface area contributed by atoms with Crippen molar-refractivity contribution in [3.8, 4) is 0 Å². The second-order valence-electron chi connectivity index (χ2n) is 5.46. The van der Waals surface area contributed by atoms with E-state index in [4.69, 9.17) is 4.74 Å². The van der Waals surface area contributed by atoms with E-state index in [1.807, 2.05) is 0 Å². The van der Waals surface area contributed by atoms with Crippen LogP contribution in [-0.4, -0.2) is 43.7 Å². The summed E-state index contributed by atoms with van der Waals surface area (Å²) in [5, 5.41) is 2.24. The lowest BCUT2D eigenvalue weighted by Crippen LogP contribution is -2.38. The van der Waals surface area contributed by atoms with Crippen LogP contribution in [0.2, 0.25) is 0 Å². The van der Waals surface area contributed by atoms with E-state index in [0.717, 1.165) is 38.0 Å². The Kier molecular flexibility index (Phi) is 5.79. The van der Waals surface area contributed by atoms with Gasteiger partial charge in [0.15, 0.2) is 17.5 Å². The number of likely N-dealkylation sites (N-methyl/N-ethyl adjacent to an activating group) is 1. The fourth-order valence-electron chi connectivity index (χ4n) is 2.42. The highest BCUT2D eigenvalue weighted by atomic mass is 19.2. The van der Waals surface area contributed by atoms with Crippen LogP contribution in [-0.2, 0) is 9.53 Å². The van der Waals surface area contributed by atoms with Crippen LogP contribution >= 0.6 is 0 Å². The maximum Gasteiger partial charge on any atom is 0.238 e. The molecule has 22 heavy (non-hydrogen) atoms. The van der Waals surface area contributed by atoms with Crippen molar-refractivity contribution in [3.05, 3.63) is 29.6 Å². The smallest absolute Gasteiger partial charge is 0.238 e. The summed E-state index contributed by atoms with van der Waals surface area (Å²) in [6.45, 7) is 1.33. The third-order valence-electron chi connectivity index (χ3n) is 3.51. The van der Waals surface area contributed by atoms with E-state index >= 15 is 0 Å². The van der Waals surface area contributed by atoms with E-state index in [9.17, 15) is 18.0 Å². The zero-order chi connectivity index (χ0) is 16.1. The van der Waals surface area contributed by atoms with E-state index in [1.165, 1.54) is 0 Å². The Morgan fingerprint density at radius 1 is 1.32 bits per heavy atom. The number of nitrogens with zero attached hydrogens (tertiary/aromatic N) is 1. The molecule has 0 saturated carbocycles. The second kappa shape index (κ2) is 7.60. The molecule has 1 atom stereocenters. The molecule has 1 aromatic rings. The highest BCUT2D eigenvalue weighted by Crippen LogP contribution is 2.19. The van der Waals surface area contributed by atoms with Crippen molar-refractivity contribution in [2.75, 3.05) is 32.1 Å². The molecule has 0 spiro atoms. The van der Waals surface area contributed by atoms with Gasteiger partial charge in [0.2, 0.25) is 5.91 Å². The minimum atomic E-state index is -1.60. The van der Waals surface area contributed by atoms with Crippen LogP contribution in [0, 0.1) is 17.5 Å². The number of hydrogen-bond acceptors (Lipinski definition) is 3. The van der Waals surface area contributed by atoms with E-state index in [1.54, 1.807) is 11.9 Å². The van der Waals surface area contributed by atoms with E-state index in [0.29, 0.717) is 6.54 Å². The van der Waals surface area contributed by atoms with Crippen LogP contribution in [0.1, 0.15) is 19.3 Å². The van der Waals surface area contributed by atoms with E-state index in [-0.39, 0.29) is 18.3 Å². The van der Waals surface area contributed by atoms with Crippen LogP contribution in [0.5, 0.6) is 0 Å². The maximum atomic E-state index is 13.5. The van der Waals surface area contributed by atoms with Gasteiger partial charge in [0, 0.05) is 13.2 Å². The van der Waals surface area contributed by atoms with Gasteiger partial charge in [0.25, 0.3) is 0 Å². The van der Waals surface area contributed by atoms with Crippen molar-refractivity contribution in [3.63, 3.8) is 0 Å². The molecule has 122 valence electrons. The first-order valence-corrected chi connectivity index (χ1v) is 7.21. The lowest BCUT2D eigenvalue weighted by atomic mass is 10.1. The van der Waals surface area contributed by atoms with Gasteiger partial charge in [-0.1, -0.05) is 0 Å². The molecule has 7 heteroatoms. The zero-order valence-electron chi connectivity index (χ0n) is 12.4. The summed E-state index contributed by atoms with van der Waals surface area (Å²) < 4.78 is 44.9. The summed E-state index contributed by atoms with van der Waals surface area (Å²) in [7, 11) is 1.75. The topological polar surface area (TPSA) is 41.6 Å². The van der Waals surface area contributed by atoms with E-state index < -0.39 is 23.4 Å². The Hall–Kier alpha value is -1.60. The SMILES string of the molecule is CN(CC(=O)Nc1ccc(F)c(F)c1F)C[C@@H]1CCCCO1. The van der Waals surface area contributed by atoms with Gasteiger partial charge in [-0.15, -0.1) is 0 Å². The minimum Gasteiger partial charge on any atom is -0.377 e. The number of carbonyl (C=O) groups excluding carboxylic acids is 1. The molecular formula is C15H19F3N2O2. The largest absolute Gasteiger partial charge is 0.377 e. The Morgan fingerprint density at radius 3 is 2.77 bits per heavy atom. The standard InChI is InChI=1S/C15H19F3N2O2/c1-20(8-10-4-2-3-7-22-10)9-13(21)19-12-6-5-11(16)14(17)15(12)18/h5-6,10H,2-4,7-9H2,1H3,(H,19,21)/t10-/m0/s1. The molecule has 0 radical (unpaired) electrons. The molecular weight excluding hydrogens is 297 g/mol. The zero-order valence-corrected chi connectivity index (χ0v) is 12.4. The van der Waals surface area contributed by atoms with Crippen LogP contribution in [0.15, 0.2) is 12.1 Å². The Morgan fingerprint density at radius 2 is 2.09 bits per heavy atom. The molecule has 1 aliphatic rings. The van der Waals surface area contributed by atoms with Gasteiger partial charge in [-0.25, -0.2) is 13.2 Å². The quantitative estimate of drug-likeness (QED) is 0.849. The molecule has 1 fully saturated rings. The number of carbonyl (C=O) groups is 1. The number of halogens is 3. The number of benzene rings is 1. The third kappa shape index (κ3) is 4.45. The Balaban J connectivity index is 1.85. The van der Waals surface area contributed by atoms with Gasteiger partial charge in [0.1, 0.15) is 0 Å². The van der Waals surface area contributed by atoms with Gasteiger partial charge >= 0.3 is 0 Å². The molecule has 1 N–H and O–H groups in total. The molecule has 0 unspecified atom stereocenters. The molecule has 1 heterocycles. The lowest BCUT2D eigenvalue weighted by molar-refractivity contribution is -0.117. The number of ether oxygens (including phenoxy) is 1. The molecule has 0 aliphatic carbocycles. The Labute approximate surface area is 127 Å². The van der Waals surface area contributed by atoms with Crippen molar-refractivity contribution in [2.45, 2.75) is 25.4 Å². The van der Waals surface area contributed by atoms with Crippen LogP contribution in [0.25, 0.3) is 0 Å². The third-order valence-corrected chi connectivity index (χ3v) is 3.51. The van der Waals surface area contributed by atoms with Gasteiger partial charge in [-0.3, -0.25) is 9.69 Å². The Bertz CT molecular complexity index is 534. The summed E-state index contributed by atoms with van der Waals surface area (Å²) in [5.41, 5.74) is -0.369. The highest BCUT2D eigenvalue weighted by Gasteiger charge is 2.19. The summed E-state index contributed by atoms with van der Waals surface area (Å²) in [5.74, 6) is -4.78. The fraction of sp³-hybridized carbons (Fsp3) is 0.533. The first kappa shape index (κ1) is 16.8. The van der Waals surface area contributed by atoms with Crippen molar-refractivity contribution < 1.29 is 22.7 Å². The molecule has 1 aliphatic heterocycles. The molecule has 1 aromatic carbocycles. The van der Waals surface area contributed by atoms with Crippen LogP contribution in [0.3, 0.4) is 0 Å². The van der Waals surface area contributed by atoms with Gasteiger partial charge in [0.05, 0.1) is 18.3 Å². The van der Waals surface area contributed by atoms with Crippen molar-refractivity contribution in [2.24, 2.45) is 0 Å². The molecule has 0 bridgehead atoms. The lowest BCUT2D eigenvalue weighted by Gasteiger charge is -2.27. The summed E-state index contributed by atoms with van der Waals surface area (Å²) in [4.78, 5) is 13.6. The predicted octanol–water partition coefficient (Wildman–Crippen LogP) is 2.54. The van der Waals surface area contributed by atoms with Crippen molar-refractivity contribution in [1.82, 2.24) is 4.90 Å². The minimum absolute atomic E-state index is 0.0122. The summed E-state index contributed by atoms with van der Waals surface area (Å²) in [6, 6.07) is 1.77. The number of anilines is 1. The number of rotatable bonds is 5. The first-order valence-electron chi connectivity index (χ1n) is 7.21. The molecule has 2 rings (SSSR count). The average Bonchev–Trinajstić information content (AvgIpc) is 2.49. The number of hydrogen-bond donors (Lipinski definition) is 1. The maximum absolute atomic E-state index is 13.5. The summed E-state index contributed by atoms with van der Waals surface area (Å²) >= 11 is 0. The summed E-state index contributed by atoms with van der Waals surface area (Å²) in [6.07, 6.45) is 3.19. The van der Waals surface area contributed by atoms with E-state index in [2.05, 4.69) is 5.32 Å². The van der Waals surface area contributed by atoms with Gasteiger partial charge < -0.3 is 10.1 Å². The molecule has 4 nitrogen and oxygen atoms in total. The number of nitrogens with one attached hydrogen (secondary N) is 1. The van der Waals surface area contributed by atoms with Crippen molar-refractivity contribution in [1.29, 1.82) is 0 Å². The number of amides is 1. The first-order chi connectivity index (χ1) is 10.5. The molecule has 1 saturated heterocycles. The monoisotopic (exact) mass is 316 g/mol. The molecule has 0 aromatic heterocycles. The average molecular weight is 316 g/mol.